The molecule has 0 N–H and O–H groups in total. The SMILES string of the molecule is CCc1cccc([N+](=O)[O-])c1N1CCN(c2ccccc2)CC1. The number of benzene rings is 2. The number of rotatable bonds is 4. The van der Waals surface area contributed by atoms with Crippen LogP contribution in [0.5, 0.6) is 0 Å². The number of nitrogens with zero attached hydrogens (tertiary/aromatic N) is 3. The summed E-state index contributed by atoms with van der Waals surface area (Å²) in [4.78, 5) is 15.6. The van der Waals surface area contributed by atoms with Gasteiger partial charge in [0, 0.05) is 37.9 Å². The molecule has 5 heteroatoms. The molecule has 120 valence electrons. The Morgan fingerprint density at radius 3 is 2.22 bits per heavy atom. The zero-order valence-corrected chi connectivity index (χ0v) is 13.3. The fourth-order valence-electron chi connectivity index (χ4n) is 3.20. The van der Waals surface area contributed by atoms with Crippen LogP contribution in [0.15, 0.2) is 48.5 Å². The van der Waals surface area contributed by atoms with Crippen LogP contribution in [-0.2, 0) is 6.42 Å². The molecule has 0 atom stereocenters. The highest BCUT2D eigenvalue weighted by molar-refractivity contribution is 5.69. The van der Waals surface area contributed by atoms with Crippen molar-refractivity contribution in [2.24, 2.45) is 0 Å². The Balaban J connectivity index is 1.81. The molecule has 1 aliphatic rings. The molecular weight excluding hydrogens is 290 g/mol. The molecule has 0 radical (unpaired) electrons. The van der Waals surface area contributed by atoms with E-state index in [4.69, 9.17) is 0 Å². The molecule has 1 saturated heterocycles. The lowest BCUT2D eigenvalue weighted by atomic mass is 10.1. The average molecular weight is 311 g/mol. The Morgan fingerprint density at radius 2 is 1.61 bits per heavy atom. The van der Waals surface area contributed by atoms with Crippen LogP contribution in [0.3, 0.4) is 0 Å². The summed E-state index contributed by atoms with van der Waals surface area (Å²) < 4.78 is 0. The maximum atomic E-state index is 11.4. The van der Waals surface area contributed by atoms with E-state index in [-0.39, 0.29) is 10.6 Å². The number of aryl methyl sites for hydroxylation is 1. The summed E-state index contributed by atoms with van der Waals surface area (Å²) in [6, 6.07) is 15.7. The molecule has 0 saturated carbocycles. The van der Waals surface area contributed by atoms with Gasteiger partial charge in [-0.05, 0) is 24.1 Å². The van der Waals surface area contributed by atoms with Gasteiger partial charge in [-0.2, -0.15) is 0 Å². The van der Waals surface area contributed by atoms with Crippen molar-refractivity contribution in [3.63, 3.8) is 0 Å². The highest BCUT2D eigenvalue weighted by Gasteiger charge is 2.25. The second kappa shape index (κ2) is 6.69. The fraction of sp³-hybridized carbons (Fsp3) is 0.333. The van der Waals surface area contributed by atoms with Crippen molar-refractivity contribution in [2.45, 2.75) is 13.3 Å². The van der Waals surface area contributed by atoms with Crippen molar-refractivity contribution in [3.05, 3.63) is 64.2 Å². The summed E-state index contributed by atoms with van der Waals surface area (Å²) in [5.41, 5.74) is 3.28. The first-order valence-corrected chi connectivity index (χ1v) is 8.02. The van der Waals surface area contributed by atoms with Gasteiger partial charge in [-0.15, -0.1) is 0 Å². The van der Waals surface area contributed by atoms with E-state index >= 15 is 0 Å². The summed E-state index contributed by atoms with van der Waals surface area (Å²) in [5, 5.41) is 11.4. The van der Waals surface area contributed by atoms with Crippen molar-refractivity contribution < 1.29 is 4.92 Å². The molecule has 0 spiro atoms. The van der Waals surface area contributed by atoms with E-state index in [9.17, 15) is 10.1 Å². The number of anilines is 2. The summed E-state index contributed by atoms with van der Waals surface area (Å²) in [6.07, 6.45) is 0.802. The van der Waals surface area contributed by atoms with Gasteiger partial charge in [0.2, 0.25) is 0 Å². The minimum atomic E-state index is -0.266. The molecule has 23 heavy (non-hydrogen) atoms. The molecule has 0 unspecified atom stereocenters. The van der Waals surface area contributed by atoms with Crippen LogP contribution in [0.25, 0.3) is 0 Å². The lowest BCUT2D eigenvalue weighted by molar-refractivity contribution is -0.384. The summed E-state index contributed by atoms with van der Waals surface area (Å²) in [7, 11) is 0. The van der Waals surface area contributed by atoms with E-state index in [1.165, 1.54) is 5.69 Å². The van der Waals surface area contributed by atoms with Gasteiger partial charge < -0.3 is 9.80 Å². The van der Waals surface area contributed by atoms with Gasteiger partial charge in [-0.1, -0.05) is 37.3 Å². The van der Waals surface area contributed by atoms with Gasteiger partial charge >= 0.3 is 0 Å². The van der Waals surface area contributed by atoms with Crippen molar-refractivity contribution in [1.82, 2.24) is 0 Å². The van der Waals surface area contributed by atoms with Crippen molar-refractivity contribution in [3.8, 4) is 0 Å². The predicted octanol–water partition coefficient (Wildman–Crippen LogP) is 3.48. The molecule has 2 aromatic carbocycles. The fourth-order valence-corrected chi connectivity index (χ4v) is 3.20. The van der Waals surface area contributed by atoms with Crippen LogP contribution in [-0.4, -0.2) is 31.1 Å². The van der Waals surface area contributed by atoms with Crippen LogP contribution in [0.2, 0.25) is 0 Å². The Labute approximate surface area is 136 Å². The van der Waals surface area contributed by atoms with Crippen molar-refractivity contribution in [2.75, 3.05) is 36.0 Å². The first-order valence-electron chi connectivity index (χ1n) is 8.02. The van der Waals surface area contributed by atoms with Gasteiger partial charge in [-0.25, -0.2) is 0 Å². The lowest BCUT2D eigenvalue weighted by Crippen LogP contribution is -2.47. The Morgan fingerprint density at radius 1 is 0.957 bits per heavy atom. The quantitative estimate of drug-likeness (QED) is 0.641. The largest absolute Gasteiger partial charge is 0.368 e. The van der Waals surface area contributed by atoms with Crippen LogP contribution >= 0.6 is 0 Å². The molecule has 3 rings (SSSR count). The van der Waals surface area contributed by atoms with E-state index in [0.717, 1.165) is 43.9 Å². The third kappa shape index (κ3) is 3.13. The number of nitro groups is 1. The molecular formula is C18H21N3O2. The second-order valence-corrected chi connectivity index (χ2v) is 5.71. The van der Waals surface area contributed by atoms with Crippen LogP contribution < -0.4 is 9.80 Å². The smallest absolute Gasteiger partial charge is 0.292 e. The number of hydrogen-bond donors (Lipinski definition) is 0. The van der Waals surface area contributed by atoms with E-state index in [2.05, 4.69) is 21.9 Å². The summed E-state index contributed by atoms with van der Waals surface area (Å²) in [6.45, 7) is 5.39. The zero-order valence-electron chi connectivity index (χ0n) is 13.3. The standard InChI is InChI=1S/C18H21N3O2/c1-2-15-7-6-10-17(21(22)23)18(15)20-13-11-19(12-14-20)16-8-4-3-5-9-16/h3-10H,2,11-14H2,1H3. The molecule has 1 aliphatic heterocycles. The molecule has 2 aromatic rings. The average Bonchev–Trinajstić information content (AvgIpc) is 2.62. The summed E-state index contributed by atoms with van der Waals surface area (Å²) >= 11 is 0. The topological polar surface area (TPSA) is 49.6 Å². The predicted molar refractivity (Wildman–Crippen MR) is 93.3 cm³/mol. The second-order valence-electron chi connectivity index (χ2n) is 5.71. The molecule has 0 aromatic heterocycles. The minimum absolute atomic E-state index is 0.220. The van der Waals surface area contributed by atoms with Gasteiger partial charge in [0.1, 0.15) is 5.69 Å². The number of piperazine rings is 1. The van der Waals surface area contributed by atoms with Crippen LogP contribution in [0.1, 0.15) is 12.5 Å². The normalized spacial score (nSPS) is 14.8. The minimum Gasteiger partial charge on any atom is -0.368 e. The Bertz CT molecular complexity index is 680. The first kappa shape index (κ1) is 15.3. The molecule has 5 nitrogen and oxygen atoms in total. The maximum Gasteiger partial charge on any atom is 0.292 e. The van der Waals surface area contributed by atoms with E-state index in [1.807, 2.05) is 31.2 Å². The number of para-hydroxylation sites is 2. The third-order valence-electron chi connectivity index (χ3n) is 4.39. The molecule has 1 heterocycles. The molecule has 0 bridgehead atoms. The summed E-state index contributed by atoms with van der Waals surface area (Å²) in [5.74, 6) is 0. The van der Waals surface area contributed by atoms with Crippen molar-refractivity contribution >= 4 is 17.1 Å². The van der Waals surface area contributed by atoms with Gasteiger partial charge in [0.15, 0.2) is 0 Å². The van der Waals surface area contributed by atoms with Crippen molar-refractivity contribution in [1.29, 1.82) is 0 Å². The van der Waals surface area contributed by atoms with E-state index in [1.54, 1.807) is 12.1 Å². The zero-order chi connectivity index (χ0) is 16.2. The number of nitro benzene ring substituents is 1. The van der Waals surface area contributed by atoms with Crippen LogP contribution in [0, 0.1) is 10.1 Å². The number of hydrogen-bond acceptors (Lipinski definition) is 4. The monoisotopic (exact) mass is 311 g/mol. The molecule has 0 aliphatic carbocycles. The molecule has 1 fully saturated rings. The highest BCUT2D eigenvalue weighted by atomic mass is 16.6. The lowest BCUT2D eigenvalue weighted by Gasteiger charge is -2.37. The van der Waals surface area contributed by atoms with Crippen LogP contribution in [0.4, 0.5) is 17.1 Å². The molecule has 0 amide bonds. The third-order valence-corrected chi connectivity index (χ3v) is 4.39. The van der Waals surface area contributed by atoms with Gasteiger partial charge in [-0.3, -0.25) is 10.1 Å². The Hall–Kier alpha value is -2.56. The van der Waals surface area contributed by atoms with E-state index in [0.29, 0.717) is 0 Å². The van der Waals surface area contributed by atoms with Gasteiger partial charge in [0.25, 0.3) is 5.69 Å². The van der Waals surface area contributed by atoms with E-state index < -0.39 is 0 Å². The van der Waals surface area contributed by atoms with Gasteiger partial charge in [0.05, 0.1) is 4.92 Å². The maximum absolute atomic E-state index is 11.4. The Kier molecular flexibility index (Phi) is 4.46. The highest BCUT2D eigenvalue weighted by Crippen LogP contribution is 2.33. The first-order chi connectivity index (χ1) is 11.2.